The lowest BCUT2D eigenvalue weighted by atomic mass is 10.1. The maximum atomic E-state index is 12.4. The summed E-state index contributed by atoms with van der Waals surface area (Å²) < 4.78 is 10.1. The molecule has 6 nitrogen and oxygen atoms in total. The van der Waals surface area contributed by atoms with Gasteiger partial charge in [0.05, 0.1) is 26.2 Å². The summed E-state index contributed by atoms with van der Waals surface area (Å²) in [5.41, 5.74) is 0.360. The van der Waals surface area contributed by atoms with E-state index in [-0.39, 0.29) is 34.7 Å². The van der Waals surface area contributed by atoms with Crippen molar-refractivity contribution in [1.29, 1.82) is 0 Å². The van der Waals surface area contributed by atoms with Crippen LogP contribution >= 0.6 is 23.2 Å². The molecule has 8 heteroatoms. The van der Waals surface area contributed by atoms with Crippen molar-refractivity contribution in [3.63, 3.8) is 0 Å². The number of rotatable bonds is 3. The smallest absolute Gasteiger partial charge is 0.308 e. The highest BCUT2D eigenvalue weighted by Crippen LogP contribution is 2.18. The fourth-order valence-electron chi connectivity index (χ4n) is 2.07. The number of methoxy groups -OCH3 is 1. The second-order valence-corrected chi connectivity index (χ2v) is 5.30. The Morgan fingerprint density at radius 2 is 2.10 bits per heavy atom. The van der Waals surface area contributed by atoms with Crippen LogP contribution in [0.3, 0.4) is 0 Å². The Hall–Kier alpha value is -1.37. The average Bonchev–Trinajstić information content (AvgIpc) is 2.45. The number of hydrogen-bond acceptors (Lipinski definition) is 5. The SMILES string of the molecule is COC(=O)CC1CN(C(=O)c2cc(Cl)nc(Cl)c2)CCO1. The molecular formula is C13H14Cl2N2O4. The Kier molecular flexibility index (Phi) is 5.39. The molecule has 0 spiro atoms. The zero-order chi connectivity index (χ0) is 15.4. The van der Waals surface area contributed by atoms with Crippen molar-refractivity contribution in [2.45, 2.75) is 12.5 Å². The van der Waals surface area contributed by atoms with E-state index >= 15 is 0 Å². The Balaban J connectivity index is 2.06. The van der Waals surface area contributed by atoms with Crippen LogP contribution in [0, 0.1) is 0 Å². The molecule has 1 fully saturated rings. The molecule has 1 atom stereocenters. The first-order valence-corrected chi connectivity index (χ1v) is 7.06. The first kappa shape index (κ1) is 16.0. The Morgan fingerprint density at radius 1 is 1.43 bits per heavy atom. The molecule has 2 rings (SSSR count). The molecule has 1 aliphatic heterocycles. The maximum Gasteiger partial charge on any atom is 0.308 e. The molecule has 1 aromatic rings. The van der Waals surface area contributed by atoms with Crippen LogP contribution in [0.25, 0.3) is 0 Å². The number of amides is 1. The van der Waals surface area contributed by atoms with Crippen molar-refractivity contribution in [3.05, 3.63) is 28.0 Å². The van der Waals surface area contributed by atoms with E-state index in [1.807, 2.05) is 0 Å². The number of morpholine rings is 1. The second-order valence-electron chi connectivity index (χ2n) is 4.53. The van der Waals surface area contributed by atoms with Crippen LogP contribution in [0.5, 0.6) is 0 Å². The predicted molar refractivity (Wildman–Crippen MR) is 76.5 cm³/mol. The molecule has 0 N–H and O–H groups in total. The van der Waals surface area contributed by atoms with Gasteiger partial charge >= 0.3 is 5.97 Å². The first-order chi connectivity index (χ1) is 9.99. The van der Waals surface area contributed by atoms with Gasteiger partial charge in [0.2, 0.25) is 0 Å². The molecule has 0 saturated carbocycles. The highest BCUT2D eigenvalue weighted by Gasteiger charge is 2.27. The van der Waals surface area contributed by atoms with Gasteiger partial charge in [0.15, 0.2) is 0 Å². The van der Waals surface area contributed by atoms with Crippen molar-refractivity contribution in [1.82, 2.24) is 9.88 Å². The number of hydrogen-bond donors (Lipinski definition) is 0. The molecular weight excluding hydrogens is 319 g/mol. The summed E-state index contributed by atoms with van der Waals surface area (Å²) in [4.78, 5) is 29.1. The monoisotopic (exact) mass is 332 g/mol. The zero-order valence-electron chi connectivity index (χ0n) is 11.3. The minimum absolute atomic E-state index is 0.109. The van der Waals surface area contributed by atoms with Gasteiger partial charge in [-0.25, -0.2) is 4.98 Å². The van der Waals surface area contributed by atoms with Gasteiger partial charge in [-0.05, 0) is 12.1 Å². The highest BCUT2D eigenvalue weighted by atomic mass is 35.5. The van der Waals surface area contributed by atoms with Gasteiger partial charge in [0.25, 0.3) is 5.91 Å². The maximum absolute atomic E-state index is 12.4. The van der Waals surface area contributed by atoms with Crippen molar-refractivity contribution in [2.75, 3.05) is 26.8 Å². The number of esters is 1. The molecule has 0 aliphatic carbocycles. The number of nitrogens with zero attached hydrogens (tertiary/aromatic N) is 2. The van der Waals surface area contributed by atoms with E-state index in [0.29, 0.717) is 25.3 Å². The summed E-state index contributed by atoms with van der Waals surface area (Å²) in [6, 6.07) is 2.92. The van der Waals surface area contributed by atoms with E-state index < -0.39 is 0 Å². The lowest BCUT2D eigenvalue weighted by Crippen LogP contribution is -2.46. The summed E-state index contributed by atoms with van der Waals surface area (Å²) in [5.74, 6) is -0.594. The van der Waals surface area contributed by atoms with Crippen molar-refractivity contribution < 1.29 is 19.1 Å². The average molecular weight is 333 g/mol. The van der Waals surface area contributed by atoms with Crippen LogP contribution in [0.1, 0.15) is 16.8 Å². The summed E-state index contributed by atoms with van der Waals surface area (Å²) in [6.07, 6.45) is -0.263. The van der Waals surface area contributed by atoms with E-state index in [4.69, 9.17) is 27.9 Å². The van der Waals surface area contributed by atoms with Crippen LogP contribution in [0.4, 0.5) is 0 Å². The minimum atomic E-state index is -0.372. The number of pyridine rings is 1. The lowest BCUT2D eigenvalue weighted by Gasteiger charge is -2.32. The molecule has 0 bridgehead atoms. The van der Waals surface area contributed by atoms with Crippen LogP contribution in [0.2, 0.25) is 10.3 Å². The van der Waals surface area contributed by atoms with Gasteiger partial charge in [-0.1, -0.05) is 23.2 Å². The molecule has 1 unspecified atom stereocenters. The summed E-state index contributed by atoms with van der Waals surface area (Å²) in [7, 11) is 1.31. The van der Waals surface area contributed by atoms with Crippen LogP contribution in [-0.2, 0) is 14.3 Å². The van der Waals surface area contributed by atoms with Crippen molar-refractivity contribution in [2.24, 2.45) is 0 Å². The third-order valence-corrected chi connectivity index (χ3v) is 3.45. The molecule has 0 radical (unpaired) electrons. The minimum Gasteiger partial charge on any atom is -0.469 e. The van der Waals surface area contributed by atoms with Crippen LogP contribution < -0.4 is 0 Å². The standard InChI is InChI=1S/C13H14Cl2N2O4/c1-20-12(18)6-9-7-17(2-3-21-9)13(19)8-4-10(14)16-11(15)5-8/h4-5,9H,2-3,6-7H2,1H3. The highest BCUT2D eigenvalue weighted by molar-refractivity contribution is 6.33. The fourth-order valence-corrected chi connectivity index (χ4v) is 2.53. The van der Waals surface area contributed by atoms with Crippen molar-refractivity contribution >= 4 is 35.1 Å². The van der Waals surface area contributed by atoms with Gasteiger partial charge in [0.1, 0.15) is 10.3 Å². The number of ether oxygens (including phenoxy) is 2. The quantitative estimate of drug-likeness (QED) is 0.623. The van der Waals surface area contributed by atoms with Crippen LogP contribution in [0.15, 0.2) is 12.1 Å². The fraction of sp³-hybridized carbons (Fsp3) is 0.462. The molecule has 1 aromatic heterocycles. The molecule has 21 heavy (non-hydrogen) atoms. The van der Waals surface area contributed by atoms with E-state index in [9.17, 15) is 9.59 Å². The number of carbonyl (C=O) groups is 2. The zero-order valence-corrected chi connectivity index (χ0v) is 12.9. The van der Waals surface area contributed by atoms with Gasteiger partial charge < -0.3 is 14.4 Å². The Morgan fingerprint density at radius 3 is 2.71 bits per heavy atom. The number of carbonyl (C=O) groups excluding carboxylic acids is 2. The second kappa shape index (κ2) is 7.06. The molecule has 1 aliphatic rings. The Bertz CT molecular complexity index is 533. The molecule has 1 saturated heterocycles. The number of halogens is 2. The van der Waals surface area contributed by atoms with E-state index in [0.717, 1.165) is 0 Å². The third kappa shape index (κ3) is 4.30. The molecule has 0 aromatic carbocycles. The summed E-state index contributed by atoms with van der Waals surface area (Å²) in [6.45, 7) is 1.11. The van der Waals surface area contributed by atoms with Gasteiger partial charge in [-0.15, -0.1) is 0 Å². The van der Waals surface area contributed by atoms with E-state index in [1.165, 1.54) is 19.2 Å². The lowest BCUT2D eigenvalue weighted by molar-refractivity contribution is -0.145. The number of aromatic nitrogens is 1. The molecule has 1 amide bonds. The molecule has 2 heterocycles. The Labute approximate surface area is 131 Å². The van der Waals surface area contributed by atoms with Crippen LogP contribution in [-0.4, -0.2) is 54.7 Å². The predicted octanol–water partition coefficient (Wildman–Crippen LogP) is 1.79. The normalized spacial score (nSPS) is 18.4. The van der Waals surface area contributed by atoms with Crippen molar-refractivity contribution in [3.8, 4) is 0 Å². The van der Waals surface area contributed by atoms with E-state index in [1.54, 1.807) is 4.90 Å². The van der Waals surface area contributed by atoms with Gasteiger partial charge in [0, 0.05) is 18.7 Å². The topological polar surface area (TPSA) is 68.7 Å². The van der Waals surface area contributed by atoms with E-state index in [2.05, 4.69) is 9.72 Å². The largest absolute Gasteiger partial charge is 0.469 e. The van der Waals surface area contributed by atoms with Gasteiger partial charge in [-0.3, -0.25) is 9.59 Å². The van der Waals surface area contributed by atoms with Gasteiger partial charge in [-0.2, -0.15) is 0 Å². The third-order valence-electron chi connectivity index (χ3n) is 3.06. The summed E-state index contributed by atoms with van der Waals surface area (Å²) in [5, 5.41) is 0.315. The first-order valence-electron chi connectivity index (χ1n) is 6.30. The molecule has 114 valence electrons. The summed E-state index contributed by atoms with van der Waals surface area (Å²) >= 11 is 11.6.